The van der Waals surface area contributed by atoms with Crippen molar-refractivity contribution in [2.45, 2.75) is 31.8 Å². The van der Waals surface area contributed by atoms with E-state index in [0.717, 1.165) is 0 Å². The van der Waals surface area contributed by atoms with Gasteiger partial charge in [0.25, 0.3) is 0 Å². The number of amides is 1. The molecule has 7 nitrogen and oxygen atoms in total. The lowest BCUT2D eigenvalue weighted by molar-refractivity contribution is -0.143. The molecule has 0 saturated carbocycles. The summed E-state index contributed by atoms with van der Waals surface area (Å²) in [6, 6.07) is -0.795. The van der Waals surface area contributed by atoms with Crippen molar-refractivity contribution >= 4 is 21.7 Å². The average molecular weight is 292 g/mol. The molecule has 2 N–H and O–H groups in total. The number of carboxylic acids is 1. The Balaban J connectivity index is 2.97. The van der Waals surface area contributed by atoms with E-state index in [9.17, 15) is 18.0 Å². The molecule has 0 aromatic heterocycles. The zero-order chi connectivity index (χ0) is 14.8. The fourth-order valence-corrected chi connectivity index (χ4v) is 3.52. The molecule has 1 amide bonds. The van der Waals surface area contributed by atoms with Gasteiger partial charge in [0.2, 0.25) is 5.91 Å². The third-order valence-corrected chi connectivity index (χ3v) is 5.06. The predicted octanol–water partition coefficient (Wildman–Crippen LogP) is -0.915. The van der Waals surface area contributed by atoms with Crippen LogP contribution in [0.3, 0.4) is 0 Å². The summed E-state index contributed by atoms with van der Waals surface area (Å²) in [5.74, 6) is -1.79. The number of carboxylic acid groups (broad SMARTS) is 1. The van der Waals surface area contributed by atoms with Crippen molar-refractivity contribution in [3.63, 3.8) is 0 Å². The number of sulfone groups is 1. The third-order valence-electron chi connectivity index (χ3n) is 3.36. The highest BCUT2D eigenvalue weighted by atomic mass is 32.2. The molecule has 0 aromatic rings. The van der Waals surface area contributed by atoms with Crippen LogP contribution in [0.1, 0.15) is 20.3 Å². The van der Waals surface area contributed by atoms with E-state index in [-0.39, 0.29) is 30.4 Å². The Morgan fingerprint density at radius 1 is 1.42 bits per heavy atom. The van der Waals surface area contributed by atoms with Crippen LogP contribution in [0.5, 0.6) is 0 Å². The molecule has 1 saturated heterocycles. The van der Waals surface area contributed by atoms with Crippen LogP contribution in [0.4, 0.5) is 0 Å². The first-order chi connectivity index (χ1) is 8.59. The van der Waals surface area contributed by atoms with Gasteiger partial charge in [-0.2, -0.15) is 0 Å². The SMILES string of the molecule is CNC(C)(C)C(=O)N1CCS(=O)(=O)CC1CC(=O)O. The summed E-state index contributed by atoms with van der Waals surface area (Å²) in [6.45, 7) is 3.40. The van der Waals surface area contributed by atoms with Gasteiger partial charge in [-0.15, -0.1) is 0 Å². The van der Waals surface area contributed by atoms with Crippen molar-refractivity contribution in [3.8, 4) is 0 Å². The van der Waals surface area contributed by atoms with E-state index in [2.05, 4.69) is 5.32 Å². The van der Waals surface area contributed by atoms with Crippen LogP contribution in [-0.2, 0) is 19.4 Å². The van der Waals surface area contributed by atoms with Crippen molar-refractivity contribution in [2.24, 2.45) is 0 Å². The molecule has 0 spiro atoms. The molecule has 8 heteroatoms. The number of rotatable bonds is 4. The summed E-state index contributed by atoms with van der Waals surface area (Å²) in [5.41, 5.74) is -0.849. The molecule has 1 atom stereocenters. The number of nitrogens with one attached hydrogen (secondary N) is 1. The van der Waals surface area contributed by atoms with E-state index in [1.54, 1.807) is 20.9 Å². The number of carbonyl (C=O) groups excluding carboxylic acids is 1. The topological polar surface area (TPSA) is 104 Å². The van der Waals surface area contributed by atoms with E-state index >= 15 is 0 Å². The second-order valence-electron chi connectivity index (χ2n) is 5.24. The zero-order valence-electron chi connectivity index (χ0n) is 11.3. The Kier molecular flexibility index (Phi) is 4.57. The summed E-state index contributed by atoms with van der Waals surface area (Å²) >= 11 is 0. The van der Waals surface area contributed by atoms with Crippen LogP contribution in [0.15, 0.2) is 0 Å². The van der Waals surface area contributed by atoms with Crippen LogP contribution in [0.25, 0.3) is 0 Å². The van der Waals surface area contributed by atoms with Crippen molar-refractivity contribution in [1.82, 2.24) is 10.2 Å². The summed E-state index contributed by atoms with van der Waals surface area (Å²) < 4.78 is 23.2. The fraction of sp³-hybridized carbons (Fsp3) is 0.818. The van der Waals surface area contributed by atoms with Gasteiger partial charge in [0.05, 0.1) is 29.5 Å². The minimum Gasteiger partial charge on any atom is -0.481 e. The molecule has 0 aliphatic carbocycles. The quantitative estimate of drug-likeness (QED) is 0.695. The van der Waals surface area contributed by atoms with E-state index in [4.69, 9.17) is 5.11 Å². The van der Waals surface area contributed by atoms with E-state index in [0.29, 0.717) is 0 Å². The van der Waals surface area contributed by atoms with Crippen LogP contribution in [-0.4, -0.2) is 67.0 Å². The van der Waals surface area contributed by atoms with Gasteiger partial charge in [-0.1, -0.05) is 0 Å². The number of carbonyl (C=O) groups is 2. The summed E-state index contributed by atoms with van der Waals surface area (Å²) in [6.07, 6.45) is -0.356. The first-order valence-corrected chi connectivity index (χ1v) is 7.83. The predicted molar refractivity (Wildman–Crippen MR) is 69.5 cm³/mol. The molecule has 1 fully saturated rings. The zero-order valence-corrected chi connectivity index (χ0v) is 12.2. The van der Waals surface area contributed by atoms with Gasteiger partial charge in [0.1, 0.15) is 0 Å². The lowest BCUT2D eigenvalue weighted by atomic mass is 10.0. The normalized spacial score (nSPS) is 23.1. The van der Waals surface area contributed by atoms with Crippen molar-refractivity contribution in [1.29, 1.82) is 0 Å². The Morgan fingerprint density at radius 3 is 2.47 bits per heavy atom. The van der Waals surface area contributed by atoms with Gasteiger partial charge in [0.15, 0.2) is 9.84 Å². The van der Waals surface area contributed by atoms with Crippen LogP contribution in [0, 0.1) is 0 Å². The van der Waals surface area contributed by atoms with Gasteiger partial charge >= 0.3 is 5.97 Å². The summed E-state index contributed by atoms with van der Waals surface area (Å²) in [4.78, 5) is 24.5. The van der Waals surface area contributed by atoms with Gasteiger partial charge < -0.3 is 15.3 Å². The molecule has 19 heavy (non-hydrogen) atoms. The first kappa shape index (κ1) is 15.9. The second-order valence-corrected chi connectivity index (χ2v) is 7.47. The Hall–Kier alpha value is -1.15. The summed E-state index contributed by atoms with van der Waals surface area (Å²) in [5, 5.41) is 11.7. The molecule has 0 bridgehead atoms. The minimum atomic E-state index is -3.27. The maximum absolute atomic E-state index is 12.3. The van der Waals surface area contributed by atoms with Crippen molar-refractivity contribution in [3.05, 3.63) is 0 Å². The monoisotopic (exact) mass is 292 g/mol. The average Bonchev–Trinajstić information content (AvgIpc) is 2.26. The fourth-order valence-electron chi connectivity index (χ4n) is 1.99. The Morgan fingerprint density at radius 2 is 2.00 bits per heavy atom. The highest BCUT2D eigenvalue weighted by Crippen LogP contribution is 2.19. The number of likely N-dealkylation sites (N-methyl/N-ethyl adjacent to an activating group) is 1. The van der Waals surface area contributed by atoms with Gasteiger partial charge in [-0.25, -0.2) is 8.42 Å². The number of hydrogen-bond acceptors (Lipinski definition) is 5. The Labute approximate surface area is 112 Å². The number of aliphatic carboxylic acids is 1. The van der Waals surface area contributed by atoms with Crippen LogP contribution < -0.4 is 5.32 Å². The van der Waals surface area contributed by atoms with E-state index < -0.39 is 27.4 Å². The molecule has 110 valence electrons. The Bertz CT molecular complexity index is 471. The molecular weight excluding hydrogens is 272 g/mol. The van der Waals surface area contributed by atoms with Crippen molar-refractivity contribution in [2.75, 3.05) is 25.1 Å². The highest BCUT2D eigenvalue weighted by Gasteiger charge is 2.40. The number of hydrogen-bond donors (Lipinski definition) is 2. The van der Waals surface area contributed by atoms with E-state index in [1.807, 2.05) is 0 Å². The van der Waals surface area contributed by atoms with Crippen LogP contribution >= 0.6 is 0 Å². The molecule has 0 aromatic carbocycles. The molecular formula is C11H20N2O5S. The minimum absolute atomic E-state index is 0.0459. The second kappa shape index (κ2) is 5.46. The maximum Gasteiger partial charge on any atom is 0.305 e. The summed E-state index contributed by atoms with van der Waals surface area (Å²) in [7, 11) is -1.64. The molecule has 1 aliphatic rings. The van der Waals surface area contributed by atoms with Crippen LogP contribution in [0.2, 0.25) is 0 Å². The molecule has 1 unspecified atom stereocenters. The number of nitrogens with zero attached hydrogens (tertiary/aromatic N) is 1. The standard InChI is InChI=1S/C11H20N2O5S/c1-11(2,12-3)10(16)13-4-5-19(17,18)7-8(13)6-9(14)15/h8,12H,4-7H2,1-3H3,(H,14,15). The van der Waals surface area contributed by atoms with Crippen molar-refractivity contribution < 1.29 is 23.1 Å². The lowest BCUT2D eigenvalue weighted by Crippen LogP contribution is -2.60. The molecule has 1 rings (SSSR count). The first-order valence-electron chi connectivity index (χ1n) is 6.01. The van der Waals surface area contributed by atoms with Gasteiger partial charge in [-0.3, -0.25) is 9.59 Å². The highest BCUT2D eigenvalue weighted by molar-refractivity contribution is 7.91. The third kappa shape index (κ3) is 3.90. The molecule has 1 heterocycles. The van der Waals surface area contributed by atoms with Gasteiger partial charge in [0, 0.05) is 6.54 Å². The smallest absolute Gasteiger partial charge is 0.305 e. The lowest BCUT2D eigenvalue weighted by Gasteiger charge is -2.39. The molecule has 1 aliphatic heterocycles. The largest absolute Gasteiger partial charge is 0.481 e. The maximum atomic E-state index is 12.3. The van der Waals surface area contributed by atoms with E-state index in [1.165, 1.54) is 4.90 Å². The van der Waals surface area contributed by atoms with Gasteiger partial charge in [-0.05, 0) is 20.9 Å². The molecule has 0 radical (unpaired) electrons.